The van der Waals surface area contributed by atoms with Gasteiger partial charge in [-0.2, -0.15) is 0 Å². The number of fused-ring (bicyclic) bond motifs is 1. The van der Waals surface area contributed by atoms with E-state index in [0.717, 1.165) is 48.5 Å². The highest BCUT2D eigenvalue weighted by atomic mass is 35.5. The van der Waals surface area contributed by atoms with Crippen molar-refractivity contribution in [3.05, 3.63) is 40.2 Å². The normalized spacial score (nSPS) is 11.7. The number of benzene rings is 2. The van der Waals surface area contributed by atoms with E-state index in [0.29, 0.717) is 42.0 Å². The average Bonchev–Trinajstić information content (AvgIpc) is 3.59. The van der Waals surface area contributed by atoms with Gasteiger partial charge in [-0.25, -0.2) is 0 Å². The second-order valence-electron chi connectivity index (χ2n) is 9.71. The van der Waals surface area contributed by atoms with Crippen LogP contribution in [0.2, 0.25) is 30.1 Å². The SMILES string of the molecule is CCCCCCCc1nnc(-c2c(Cl)c(Cl)c3c(Cl)c(Cl)c(-c4nnc(CCCCCCC)s4)c(Cl)c3c2Cl)s1. The van der Waals surface area contributed by atoms with Crippen molar-refractivity contribution in [1.82, 2.24) is 20.4 Å². The molecule has 0 amide bonds. The average molecular weight is 699 g/mol. The molecule has 0 spiro atoms. The molecular weight excluding hydrogens is 669 g/mol. The summed E-state index contributed by atoms with van der Waals surface area (Å²) in [5.74, 6) is 0. The quantitative estimate of drug-likeness (QED) is 0.0971. The highest BCUT2D eigenvalue weighted by molar-refractivity contribution is 7.15. The fourth-order valence-corrected chi connectivity index (χ4v) is 8.73. The first kappa shape index (κ1) is 32.5. The molecule has 0 aliphatic heterocycles. The van der Waals surface area contributed by atoms with Crippen molar-refractivity contribution in [3.63, 3.8) is 0 Å². The minimum absolute atomic E-state index is 0.206. The van der Waals surface area contributed by atoms with Crippen molar-refractivity contribution in [1.29, 1.82) is 0 Å². The zero-order valence-corrected chi connectivity index (χ0v) is 28.5. The number of rotatable bonds is 14. The number of halogens is 6. The summed E-state index contributed by atoms with van der Waals surface area (Å²) in [4.78, 5) is 0. The maximum absolute atomic E-state index is 7.01. The Kier molecular flexibility index (Phi) is 12.4. The van der Waals surface area contributed by atoms with Gasteiger partial charge in [0.05, 0.1) is 41.3 Å². The molecule has 0 unspecified atom stereocenters. The summed E-state index contributed by atoms with van der Waals surface area (Å²) in [7, 11) is 0. The molecule has 0 fully saturated rings. The molecule has 0 radical (unpaired) electrons. The number of hydrogen-bond acceptors (Lipinski definition) is 6. The fraction of sp³-hybridized carbons (Fsp3) is 0.500. The Morgan fingerprint density at radius 3 is 1.23 bits per heavy atom. The molecule has 4 aromatic rings. The van der Waals surface area contributed by atoms with Gasteiger partial charge in [0, 0.05) is 23.6 Å². The third-order valence-corrected chi connectivity index (χ3v) is 11.2. The van der Waals surface area contributed by atoms with Crippen molar-refractivity contribution in [3.8, 4) is 21.1 Å². The van der Waals surface area contributed by atoms with Gasteiger partial charge in [0.2, 0.25) is 0 Å². The highest BCUT2D eigenvalue weighted by Gasteiger charge is 2.29. The summed E-state index contributed by atoms with van der Waals surface area (Å²) in [6, 6.07) is 0. The van der Waals surface area contributed by atoms with Crippen LogP contribution in [0.5, 0.6) is 0 Å². The first-order chi connectivity index (χ1) is 19.3. The van der Waals surface area contributed by atoms with Gasteiger partial charge in [-0.1, -0.05) is 157 Å². The Balaban J connectivity index is 1.71. The Bertz CT molecular complexity index is 1360. The van der Waals surface area contributed by atoms with Crippen LogP contribution in [0.3, 0.4) is 0 Å². The van der Waals surface area contributed by atoms with Crippen LogP contribution in [-0.4, -0.2) is 20.4 Å². The number of aromatic nitrogens is 4. The standard InChI is InChI=1S/C28H30Cl6N4S2/c1-3-5-7-9-11-13-15-35-37-27(39-15)19-21(29)17-18(23(31)25(19)33)24(32)26(34)20(22(17)30)28-38-36-16(40-28)14-12-10-8-6-4-2/h3-14H2,1-2H3. The molecule has 4 rings (SSSR count). The minimum atomic E-state index is 0.206. The lowest BCUT2D eigenvalue weighted by atomic mass is 10.0. The largest absolute Gasteiger partial charge is 0.150 e. The van der Waals surface area contributed by atoms with Crippen molar-refractivity contribution >= 4 is 103 Å². The maximum atomic E-state index is 7.01. The first-order valence-electron chi connectivity index (χ1n) is 13.6. The zero-order valence-electron chi connectivity index (χ0n) is 22.4. The number of hydrogen-bond donors (Lipinski definition) is 0. The van der Waals surface area contributed by atoms with Gasteiger partial charge in [-0.15, -0.1) is 20.4 Å². The van der Waals surface area contributed by atoms with E-state index in [-0.39, 0.29) is 20.1 Å². The number of nitrogens with zero attached hydrogens (tertiary/aromatic N) is 4. The molecule has 0 N–H and O–H groups in total. The third kappa shape index (κ3) is 7.19. The van der Waals surface area contributed by atoms with Crippen LogP contribution in [-0.2, 0) is 12.8 Å². The van der Waals surface area contributed by atoms with E-state index in [9.17, 15) is 0 Å². The zero-order chi connectivity index (χ0) is 28.8. The lowest BCUT2D eigenvalue weighted by Crippen LogP contribution is -1.92. The van der Waals surface area contributed by atoms with E-state index in [1.54, 1.807) is 0 Å². The summed E-state index contributed by atoms with van der Waals surface area (Å²) < 4.78 is 0. The van der Waals surface area contributed by atoms with Crippen molar-refractivity contribution in [2.75, 3.05) is 0 Å². The smallest absolute Gasteiger partial charge is 0.143 e. The van der Waals surface area contributed by atoms with Gasteiger partial charge < -0.3 is 0 Å². The lowest BCUT2D eigenvalue weighted by molar-refractivity contribution is 0.630. The molecule has 0 saturated heterocycles. The predicted molar refractivity (Wildman–Crippen MR) is 177 cm³/mol. The molecular formula is C28H30Cl6N4S2. The highest BCUT2D eigenvalue weighted by Crippen LogP contribution is 2.54. The van der Waals surface area contributed by atoms with Crippen LogP contribution in [0.4, 0.5) is 0 Å². The first-order valence-corrected chi connectivity index (χ1v) is 17.5. The molecule has 4 nitrogen and oxygen atoms in total. The fourth-order valence-electron chi connectivity index (χ4n) is 4.56. The molecule has 216 valence electrons. The molecule has 12 heteroatoms. The molecule has 0 aliphatic rings. The van der Waals surface area contributed by atoms with Gasteiger partial charge in [0.25, 0.3) is 0 Å². The van der Waals surface area contributed by atoms with Crippen LogP contribution in [0, 0.1) is 0 Å². The molecule has 0 saturated carbocycles. The van der Waals surface area contributed by atoms with Crippen LogP contribution in [0.25, 0.3) is 31.9 Å². The van der Waals surface area contributed by atoms with Crippen LogP contribution in [0.15, 0.2) is 0 Å². The molecule has 40 heavy (non-hydrogen) atoms. The third-order valence-electron chi connectivity index (χ3n) is 6.74. The second kappa shape index (κ2) is 15.3. The summed E-state index contributed by atoms with van der Waals surface area (Å²) in [5.41, 5.74) is 0.957. The summed E-state index contributed by atoms with van der Waals surface area (Å²) in [5, 5.41) is 22.8. The Hall–Kier alpha value is -0.440. The van der Waals surface area contributed by atoms with Crippen LogP contribution in [0.1, 0.15) is 88.1 Å². The Morgan fingerprint density at radius 1 is 0.450 bits per heavy atom. The van der Waals surface area contributed by atoms with Crippen LogP contribution >= 0.6 is 92.3 Å². The van der Waals surface area contributed by atoms with E-state index in [4.69, 9.17) is 69.6 Å². The summed E-state index contributed by atoms with van der Waals surface area (Å²) in [6.45, 7) is 4.41. The molecule has 0 aliphatic carbocycles. The van der Waals surface area contributed by atoms with E-state index in [1.165, 1.54) is 61.2 Å². The Labute approximate surface area is 273 Å². The van der Waals surface area contributed by atoms with Gasteiger partial charge in [-0.3, -0.25) is 0 Å². The van der Waals surface area contributed by atoms with E-state index >= 15 is 0 Å². The molecule has 0 bridgehead atoms. The molecule has 2 aromatic carbocycles. The van der Waals surface area contributed by atoms with Gasteiger partial charge in [-0.05, 0) is 12.8 Å². The van der Waals surface area contributed by atoms with E-state index < -0.39 is 0 Å². The predicted octanol–water partition coefficient (Wildman–Crippen LogP) is 12.8. The van der Waals surface area contributed by atoms with Crippen molar-refractivity contribution in [2.24, 2.45) is 0 Å². The van der Waals surface area contributed by atoms with Gasteiger partial charge in [0.1, 0.15) is 10.0 Å². The van der Waals surface area contributed by atoms with Crippen LogP contribution < -0.4 is 0 Å². The lowest BCUT2D eigenvalue weighted by Gasteiger charge is -2.17. The number of aryl methyl sites for hydroxylation is 2. The van der Waals surface area contributed by atoms with E-state index in [2.05, 4.69) is 34.2 Å². The minimum Gasteiger partial charge on any atom is -0.143 e. The number of unbranched alkanes of at least 4 members (excludes halogenated alkanes) is 8. The topological polar surface area (TPSA) is 51.6 Å². The van der Waals surface area contributed by atoms with Gasteiger partial charge in [0.15, 0.2) is 10.0 Å². The second-order valence-corrected chi connectivity index (χ2v) is 14.1. The summed E-state index contributed by atoms with van der Waals surface area (Å²) >= 11 is 44.0. The van der Waals surface area contributed by atoms with E-state index in [1.807, 2.05) is 0 Å². The van der Waals surface area contributed by atoms with Crippen molar-refractivity contribution < 1.29 is 0 Å². The Morgan fingerprint density at radius 2 is 0.825 bits per heavy atom. The molecule has 0 atom stereocenters. The van der Waals surface area contributed by atoms with Crippen molar-refractivity contribution in [2.45, 2.75) is 90.9 Å². The monoisotopic (exact) mass is 696 g/mol. The maximum Gasteiger partial charge on any atom is 0.150 e. The molecule has 2 heterocycles. The van der Waals surface area contributed by atoms with Gasteiger partial charge >= 0.3 is 0 Å². The molecule has 2 aromatic heterocycles. The summed E-state index contributed by atoms with van der Waals surface area (Å²) in [6.07, 6.45) is 13.5.